The van der Waals surface area contributed by atoms with Crippen LogP contribution in [0.4, 0.5) is 0 Å². The number of ketones is 1. The lowest BCUT2D eigenvalue weighted by atomic mass is 9.75. The quantitative estimate of drug-likeness (QED) is 0.486. The zero-order valence-corrected chi connectivity index (χ0v) is 18.1. The van der Waals surface area contributed by atoms with Crippen molar-refractivity contribution in [3.63, 3.8) is 0 Å². The van der Waals surface area contributed by atoms with Crippen molar-refractivity contribution in [3.8, 4) is 11.5 Å². The summed E-state index contributed by atoms with van der Waals surface area (Å²) in [7, 11) is 0. The van der Waals surface area contributed by atoms with Crippen molar-refractivity contribution in [2.75, 3.05) is 13.2 Å². The van der Waals surface area contributed by atoms with E-state index in [2.05, 4.69) is 27.8 Å². The standard InChI is InChI=1S/C22H24BrNO5/c1-4-9-29-22(27)18-12(3)24-15-7-6-8-16(25)20(15)19(18)13-10-14(23)21(26)17(11-13)28-5-2/h4,10-11,19,24,26H,1,5-9H2,2-3H3. The van der Waals surface area contributed by atoms with Gasteiger partial charge in [-0.25, -0.2) is 4.79 Å². The van der Waals surface area contributed by atoms with E-state index in [0.29, 0.717) is 39.9 Å². The topological polar surface area (TPSA) is 84.9 Å². The number of esters is 1. The van der Waals surface area contributed by atoms with E-state index < -0.39 is 11.9 Å². The Balaban J connectivity index is 2.19. The number of carbonyl (C=O) groups is 2. The Hall–Kier alpha value is -2.54. The molecule has 0 radical (unpaired) electrons. The molecule has 0 saturated carbocycles. The van der Waals surface area contributed by atoms with E-state index in [-0.39, 0.29) is 23.9 Å². The van der Waals surface area contributed by atoms with Crippen molar-refractivity contribution >= 4 is 27.7 Å². The first kappa shape index (κ1) is 21.2. The van der Waals surface area contributed by atoms with Crippen LogP contribution in [0.3, 0.4) is 0 Å². The van der Waals surface area contributed by atoms with E-state index >= 15 is 0 Å². The van der Waals surface area contributed by atoms with Gasteiger partial charge < -0.3 is 19.9 Å². The molecule has 154 valence electrons. The third-order valence-electron chi connectivity index (χ3n) is 5.01. The van der Waals surface area contributed by atoms with Crippen LogP contribution in [-0.4, -0.2) is 30.1 Å². The van der Waals surface area contributed by atoms with Gasteiger partial charge in [0.15, 0.2) is 17.3 Å². The third-order valence-corrected chi connectivity index (χ3v) is 5.62. The number of rotatable bonds is 6. The van der Waals surface area contributed by atoms with Crippen LogP contribution in [0.2, 0.25) is 0 Å². The molecule has 1 aromatic carbocycles. The van der Waals surface area contributed by atoms with Gasteiger partial charge in [0.2, 0.25) is 0 Å². The van der Waals surface area contributed by atoms with Gasteiger partial charge in [0, 0.05) is 29.3 Å². The number of halogens is 1. The van der Waals surface area contributed by atoms with Crippen molar-refractivity contribution in [2.24, 2.45) is 0 Å². The predicted octanol–water partition coefficient (Wildman–Crippen LogP) is 4.25. The molecule has 0 aromatic heterocycles. The van der Waals surface area contributed by atoms with E-state index in [9.17, 15) is 14.7 Å². The molecule has 6 nitrogen and oxygen atoms in total. The Morgan fingerprint density at radius 2 is 2.17 bits per heavy atom. The van der Waals surface area contributed by atoms with E-state index in [1.54, 1.807) is 19.1 Å². The Kier molecular flexibility index (Phi) is 6.47. The van der Waals surface area contributed by atoms with Crippen LogP contribution < -0.4 is 10.1 Å². The molecule has 1 atom stereocenters. The molecule has 1 aliphatic carbocycles. The second-order valence-corrected chi connectivity index (χ2v) is 7.79. The summed E-state index contributed by atoms with van der Waals surface area (Å²) in [5, 5.41) is 13.5. The minimum absolute atomic E-state index is 0.00688. The largest absolute Gasteiger partial charge is 0.503 e. The first-order valence-corrected chi connectivity index (χ1v) is 10.4. The van der Waals surface area contributed by atoms with E-state index in [4.69, 9.17) is 9.47 Å². The highest BCUT2D eigenvalue weighted by Crippen LogP contribution is 2.46. The van der Waals surface area contributed by atoms with Crippen LogP contribution in [0.25, 0.3) is 0 Å². The van der Waals surface area contributed by atoms with Crippen LogP contribution >= 0.6 is 15.9 Å². The highest BCUT2D eigenvalue weighted by Gasteiger charge is 2.39. The molecule has 1 aliphatic heterocycles. The fourth-order valence-electron chi connectivity index (χ4n) is 3.83. The number of phenolic OH excluding ortho intramolecular Hbond substituents is 1. The van der Waals surface area contributed by atoms with Gasteiger partial charge in [-0.3, -0.25) is 4.79 Å². The maximum atomic E-state index is 12.9. The number of hydrogen-bond donors (Lipinski definition) is 2. The first-order chi connectivity index (χ1) is 13.9. The normalized spacial score (nSPS) is 18.9. The lowest BCUT2D eigenvalue weighted by molar-refractivity contribution is -0.138. The van der Waals surface area contributed by atoms with Gasteiger partial charge in [-0.1, -0.05) is 12.7 Å². The molecule has 1 unspecified atom stereocenters. The monoisotopic (exact) mass is 461 g/mol. The smallest absolute Gasteiger partial charge is 0.337 e. The predicted molar refractivity (Wildman–Crippen MR) is 113 cm³/mol. The summed E-state index contributed by atoms with van der Waals surface area (Å²) in [4.78, 5) is 25.8. The number of ether oxygens (including phenoxy) is 2. The van der Waals surface area contributed by atoms with Gasteiger partial charge in [-0.2, -0.15) is 0 Å². The maximum Gasteiger partial charge on any atom is 0.337 e. The average molecular weight is 462 g/mol. The van der Waals surface area contributed by atoms with Crippen molar-refractivity contribution in [2.45, 2.75) is 39.0 Å². The number of carbonyl (C=O) groups excluding carboxylic acids is 2. The van der Waals surface area contributed by atoms with Gasteiger partial charge in [0.05, 0.1) is 16.7 Å². The first-order valence-electron chi connectivity index (χ1n) is 9.56. The zero-order valence-electron chi connectivity index (χ0n) is 16.5. The summed E-state index contributed by atoms with van der Waals surface area (Å²) < 4.78 is 11.3. The zero-order chi connectivity index (χ0) is 21.1. The van der Waals surface area contributed by atoms with Gasteiger partial charge in [0.25, 0.3) is 0 Å². The van der Waals surface area contributed by atoms with Crippen molar-refractivity contribution in [1.82, 2.24) is 5.32 Å². The second kappa shape index (κ2) is 8.86. The van der Waals surface area contributed by atoms with Crippen LogP contribution in [0.15, 0.2) is 51.8 Å². The second-order valence-electron chi connectivity index (χ2n) is 6.94. The highest BCUT2D eigenvalue weighted by atomic mass is 79.9. The number of hydrogen-bond acceptors (Lipinski definition) is 6. The Labute approximate surface area is 178 Å². The molecular weight excluding hydrogens is 438 g/mol. The fourth-order valence-corrected chi connectivity index (χ4v) is 4.29. The Morgan fingerprint density at radius 1 is 1.41 bits per heavy atom. The summed E-state index contributed by atoms with van der Waals surface area (Å²) in [6, 6.07) is 3.40. The van der Waals surface area contributed by atoms with Crippen LogP contribution in [0, 0.1) is 0 Å². The summed E-state index contributed by atoms with van der Waals surface area (Å²) >= 11 is 3.36. The molecule has 0 saturated heterocycles. The summed E-state index contributed by atoms with van der Waals surface area (Å²) in [6.07, 6.45) is 3.44. The lowest BCUT2D eigenvalue weighted by Gasteiger charge is -2.34. The average Bonchev–Trinajstić information content (AvgIpc) is 2.68. The number of Topliss-reactive ketones (excluding diaryl/α,β-unsaturated/α-hetero) is 1. The lowest BCUT2D eigenvalue weighted by Crippen LogP contribution is -2.34. The summed E-state index contributed by atoms with van der Waals surface area (Å²) in [5.74, 6) is -0.839. The van der Waals surface area contributed by atoms with E-state index in [1.807, 2.05) is 6.92 Å². The number of benzene rings is 1. The molecule has 0 amide bonds. The minimum Gasteiger partial charge on any atom is -0.503 e. The van der Waals surface area contributed by atoms with Gasteiger partial charge >= 0.3 is 5.97 Å². The summed E-state index contributed by atoms with van der Waals surface area (Å²) in [5.41, 5.74) is 3.12. The number of dihydropyridines is 1. The SMILES string of the molecule is C=CCOC(=O)C1=C(C)NC2=C(C(=O)CCC2)C1c1cc(Br)c(O)c(OCC)c1. The van der Waals surface area contributed by atoms with Crippen LogP contribution in [0.1, 0.15) is 44.6 Å². The molecule has 7 heteroatoms. The highest BCUT2D eigenvalue weighted by molar-refractivity contribution is 9.10. The van der Waals surface area contributed by atoms with Crippen molar-refractivity contribution in [3.05, 3.63) is 57.4 Å². The minimum atomic E-state index is -0.604. The Bertz CT molecular complexity index is 931. The van der Waals surface area contributed by atoms with Crippen LogP contribution in [-0.2, 0) is 14.3 Å². The molecule has 1 aromatic rings. The van der Waals surface area contributed by atoms with E-state index in [1.165, 1.54) is 6.08 Å². The summed E-state index contributed by atoms with van der Waals surface area (Å²) in [6.45, 7) is 7.65. The number of allylic oxidation sites excluding steroid dienone is 3. The van der Waals surface area contributed by atoms with Crippen molar-refractivity contribution < 1.29 is 24.2 Å². The maximum absolute atomic E-state index is 12.9. The number of nitrogens with one attached hydrogen (secondary N) is 1. The molecule has 3 rings (SSSR count). The molecule has 2 N–H and O–H groups in total. The molecule has 1 heterocycles. The van der Waals surface area contributed by atoms with Crippen molar-refractivity contribution in [1.29, 1.82) is 0 Å². The molecule has 0 spiro atoms. The van der Waals surface area contributed by atoms with Gasteiger partial charge in [-0.15, -0.1) is 0 Å². The molecule has 2 aliphatic rings. The van der Waals surface area contributed by atoms with E-state index in [0.717, 1.165) is 18.5 Å². The molecule has 29 heavy (non-hydrogen) atoms. The van der Waals surface area contributed by atoms with Crippen LogP contribution in [0.5, 0.6) is 11.5 Å². The van der Waals surface area contributed by atoms with Gasteiger partial charge in [-0.05, 0) is 60.3 Å². The number of aromatic hydroxyl groups is 1. The fraction of sp³-hybridized carbons (Fsp3) is 0.364. The van der Waals surface area contributed by atoms with Gasteiger partial charge in [0.1, 0.15) is 6.61 Å². The molecule has 0 bridgehead atoms. The number of phenols is 1. The third kappa shape index (κ3) is 4.10. The molecule has 0 fully saturated rings. The molecular formula is C22H24BrNO5. The Morgan fingerprint density at radius 3 is 2.86 bits per heavy atom.